The fourth-order valence-electron chi connectivity index (χ4n) is 4.48. The predicted octanol–water partition coefficient (Wildman–Crippen LogP) is 2.70. The number of likely N-dealkylation sites (tertiary alicyclic amines) is 1. The van der Waals surface area contributed by atoms with Gasteiger partial charge in [-0.25, -0.2) is 0 Å². The molecule has 2 aliphatic heterocycles. The van der Waals surface area contributed by atoms with Gasteiger partial charge in [0.25, 0.3) is 5.56 Å². The fraction of sp³-hybridized carbons (Fsp3) is 0.381. The van der Waals surface area contributed by atoms with E-state index in [4.69, 9.17) is 0 Å². The molecule has 0 unspecified atom stereocenters. The second-order valence-electron chi connectivity index (χ2n) is 7.27. The minimum absolute atomic E-state index is 0.00165. The zero-order valence-corrected chi connectivity index (χ0v) is 16.0. The molecule has 1 amide bonds. The molecule has 1 saturated heterocycles. The SMILES string of the molecule is CSCC(=O)N1C[C@@H]2C[C@H](C1)c1c(-c3ccccc3C#N)ccc(=O)n1C2. The summed E-state index contributed by atoms with van der Waals surface area (Å²) in [5, 5.41) is 9.51. The fourth-order valence-corrected chi connectivity index (χ4v) is 4.91. The third kappa shape index (κ3) is 3.17. The summed E-state index contributed by atoms with van der Waals surface area (Å²) in [6.07, 6.45) is 2.92. The normalized spacial score (nSPS) is 20.7. The molecule has 0 spiro atoms. The lowest BCUT2D eigenvalue weighted by atomic mass is 9.80. The van der Waals surface area contributed by atoms with Gasteiger partial charge < -0.3 is 9.47 Å². The third-order valence-electron chi connectivity index (χ3n) is 5.55. The number of carbonyl (C=O) groups is 1. The first-order valence-electron chi connectivity index (χ1n) is 9.12. The number of piperidine rings is 1. The van der Waals surface area contributed by atoms with Gasteiger partial charge in [0, 0.05) is 48.4 Å². The van der Waals surface area contributed by atoms with E-state index in [0.29, 0.717) is 30.3 Å². The Kier molecular flexibility index (Phi) is 4.79. The van der Waals surface area contributed by atoms with Crippen molar-refractivity contribution in [2.24, 2.45) is 5.92 Å². The Morgan fingerprint density at radius 3 is 2.78 bits per heavy atom. The van der Waals surface area contributed by atoms with Gasteiger partial charge >= 0.3 is 0 Å². The first-order chi connectivity index (χ1) is 13.1. The van der Waals surface area contributed by atoms with Crippen molar-refractivity contribution in [3.05, 3.63) is 58.0 Å². The first-order valence-corrected chi connectivity index (χ1v) is 10.5. The first kappa shape index (κ1) is 17.9. The van der Waals surface area contributed by atoms with Crippen molar-refractivity contribution < 1.29 is 4.79 Å². The topological polar surface area (TPSA) is 66.1 Å². The molecule has 4 rings (SSSR count). The number of aromatic nitrogens is 1. The van der Waals surface area contributed by atoms with E-state index in [1.54, 1.807) is 23.9 Å². The average molecular weight is 379 g/mol. The van der Waals surface area contributed by atoms with Crippen LogP contribution in [0.25, 0.3) is 11.1 Å². The van der Waals surface area contributed by atoms with Crippen molar-refractivity contribution in [3.8, 4) is 17.2 Å². The van der Waals surface area contributed by atoms with Gasteiger partial charge in [-0.2, -0.15) is 17.0 Å². The molecular formula is C21H21N3O2S. The number of carbonyl (C=O) groups excluding carboxylic acids is 1. The van der Waals surface area contributed by atoms with E-state index < -0.39 is 0 Å². The van der Waals surface area contributed by atoms with E-state index in [1.165, 1.54) is 0 Å². The maximum absolute atomic E-state index is 12.6. The van der Waals surface area contributed by atoms with Crippen LogP contribution in [0.3, 0.4) is 0 Å². The smallest absolute Gasteiger partial charge is 0.250 e. The van der Waals surface area contributed by atoms with Gasteiger partial charge in [0.05, 0.1) is 17.4 Å². The maximum Gasteiger partial charge on any atom is 0.250 e. The Bertz CT molecular complexity index is 992. The summed E-state index contributed by atoms with van der Waals surface area (Å²) in [7, 11) is 0. The molecule has 1 fully saturated rings. The standard InChI is InChI=1S/C21H21N3O2S/c1-27-13-20(26)23-10-14-8-16(12-23)21-18(6-7-19(25)24(21)11-14)17-5-3-2-4-15(17)9-22/h2-7,14,16H,8,10-13H2,1H3/t14-,16+/m0/s1. The molecular weight excluding hydrogens is 358 g/mol. The predicted molar refractivity (Wildman–Crippen MR) is 107 cm³/mol. The van der Waals surface area contributed by atoms with Crippen LogP contribution in [-0.2, 0) is 11.3 Å². The number of thioether (sulfide) groups is 1. The van der Waals surface area contributed by atoms with E-state index in [1.807, 2.05) is 40.0 Å². The molecule has 0 aliphatic carbocycles. The number of nitriles is 1. The van der Waals surface area contributed by atoms with Crippen molar-refractivity contribution >= 4 is 17.7 Å². The van der Waals surface area contributed by atoms with Gasteiger partial charge in [-0.3, -0.25) is 9.59 Å². The van der Waals surface area contributed by atoms with Gasteiger partial charge in [0.15, 0.2) is 0 Å². The van der Waals surface area contributed by atoms with Gasteiger partial charge in [-0.15, -0.1) is 0 Å². The summed E-state index contributed by atoms with van der Waals surface area (Å²) in [6, 6.07) is 13.2. The molecule has 6 heteroatoms. The van der Waals surface area contributed by atoms with E-state index >= 15 is 0 Å². The Balaban J connectivity index is 1.82. The summed E-state index contributed by atoms with van der Waals surface area (Å²) in [5.41, 5.74) is 3.38. The van der Waals surface area contributed by atoms with Crippen LogP contribution in [0.1, 0.15) is 23.6 Å². The van der Waals surface area contributed by atoms with Crippen molar-refractivity contribution in [1.29, 1.82) is 5.26 Å². The van der Waals surface area contributed by atoms with Crippen LogP contribution < -0.4 is 5.56 Å². The Hall–Kier alpha value is -2.52. The molecule has 138 valence electrons. The van der Waals surface area contributed by atoms with Gasteiger partial charge in [0.2, 0.25) is 5.91 Å². The largest absolute Gasteiger partial charge is 0.341 e. The van der Waals surface area contributed by atoms with Crippen LogP contribution in [0.15, 0.2) is 41.2 Å². The van der Waals surface area contributed by atoms with Crippen LogP contribution in [0.2, 0.25) is 0 Å². The molecule has 1 aromatic heterocycles. The number of fused-ring (bicyclic) bond motifs is 4. The van der Waals surface area contributed by atoms with E-state index in [-0.39, 0.29) is 17.4 Å². The molecule has 2 bridgehead atoms. The zero-order chi connectivity index (χ0) is 19.0. The third-order valence-corrected chi connectivity index (χ3v) is 6.08. The summed E-state index contributed by atoms with van der Waals surface area (Å²) in [6.45, 7) is 2.00. The molecule has 0 N–H and O–H groups in total. The lowest BCUT2D eigenvalue weighted by Crippen LogP contribution is -2.49. The second-order valence-corrected chi connectivity index (χ2v) is 8.13. The van der Waals surface area contributed by atoms with Crippen LogP contribution in [-0.4, -0.2) is 40.5 Å². The molecule has 0 saturated carbocycles. The zero-order valence-electron chi connectivity index (χ0n) is 15.2. The van der Waals surface area contributed by atoms with E-state index in [9.17, 15) is 14.9 Å². The number of pyridine rings is 1. The molecule has 2 aliphatic rings. The summed E-state index contributed by atoms with van der Waals surface area (Å²) >= 11 is 1.54. The van der Waals surface area contributed by atoms with Crippen molar-refractivity contribution in [2.75, 3.05) is 25.1 Å². The monoisotopic (exact) mass is 379 g/mol. The van der Waals surface area contributed by atoms with Crippen molar-refractivity contribution in [2.45, 2.75) is 18.9 Å². The van der Waals surface area contributed by atoms with Crippen LogP contribution >= 0.6 is 11.8 Å². The van der Waals surface area contributed by atoms with Gasteiger partial charge in [-0.1, -0.05) is 18.2 Å². The highest BCUT2D eigenvalue weighted by Crippen LogP contribution is 2.40. The minimum Gasteiger partial charge on any atom is -0.341 e. The maximum atomic E-state index is 12.6. The molecule has 2 atom stereocenters. The Morgan fingerprint density at radius 2 is 2.00 bits per heavy atom. The Labute approximate surface area is 162 Å². The van der Waals surface area contributed by atoms with E-state index in [0.717, 1.165) is 29.8 Å². The highest BCUT2D eigenvalue weighted by Gasteiger charge is 2.37. The van der Waals surface area contributed by atoms with Crippen molar-refractivity contribution in [1.82, 2.24) is 9.47 Å². The molecule has 2 aromatic rings. The van der Waals surface area contributed by atoms with Crippen LogP contribution in [0.5, 0.6) is 0 Å². The molecule has 1 aromatic carbocycles. The molecule has 0 radical (unpaired) electrons. The molecule has 3 heterocycles. The number of hydrogen-bond acceptors (Lipinski definition) is 4. The van der Waals surface area contributed by atoms with Gasteiger partial charge in [-0.05, 0) is 30.7 Å². The number of nitrogens with zero attached hydrogens (tertiary/aromatic N) is 3. The lowest BCUT2D eigenvalue weighted by Gasteiger charge is -2.43. The quantitative estimate of drug-likeness (QED) is 0.822. The second kappa shape index (κ2) is 7.24. The number of benzene rings is 1. The highest BCUT2D eigenvalue weighted by atomic mass is 32.2. The summed E-state index contributed by atoms with van der Waals surface area (Å²) < 4.78 is 1.87. The summed E-state index contributed by atoms with van der Waals surface area (Å²) in [4.78, 5) is 27.0. The van der Waals surface area contributed by atoms with Crippen LogP contribution in [0.4, 0.5) is 0 Å². The number of amides is 1. The highest BCUT2D eigenvalue weighted by molar-refractivity contribution is 7.99. The van der Waals surface area contributed by atoms with Gasteiger partial charge in [0.1, 0.15) is 0 Å². The molecule has 27 heavy (non-hydrogen) atoms. The van der Waals surface area contributed by atoms with Crippen molar-refractivity contribution in [3.63, 3.8) is 0 Å². The van der Waals surface area contributed by atoms with Crippen LogP contribution in [0, 0.1) is 17.2 Å². The minimum atomic E-state index is 0.00165. The average Bonchev–Trinajstić information content (AvgIpc) is 2.69. The number of rotatable bonds is 3. The lowest BCUT2D eigenvalue weighted by molar-refractivity contribution is -0.131. The Morgan fingerprint density at radius 1 is 1.19 bits per heavy atom. The van der Waals surface area contributed by atoms with E-state index in [2.05, 4.69) is 6.07 Å². The summed E-state index contributed by atoms with van der Waals surface area (Å²) in [5.74, 6) is 1.09. The number of hydrogen-bond donors (Lipinski definition) is 0. The molecule has 5 nitrogen and oxygen atoms in total.